The van der Waals surface area contributed by atoms with Crippen molar-refractivity contribution in [2.45, 2.75) is 32.2 Å². The van der Waals surface area contributed by atoms with E-state index in [-0.39, 0.29) is 5.91 Å². The highest BCUT2D eigenvalue weighted by Crippen LogP contribution is 2.33. The monoisotopic (exact) mass is 349 g/mol. The van der Waals surface area contributed by atoms with E-state index in [1.807, 2.05) is 42.5 Å². The molecule has 2 heterocycles. The molecule has 3 N–H and O–H groups in total. The molecule has 5 nitrogen and oxygen atoms in total. The normalized spacial score (nSPS) is 17.4. The molecular weight excluding hydrogens is 326 g/mol. The number of hydrogen-bond donors (Lipinski definition) is 2. The molecule has 1 saturated heterocycles. The highest BCUT2D eigenvalue weighted by molar-refractivity contribution is 6.06. The van der Waals surface area contributed by atoms with E-state index in [2.05, 4.69) is 17.1 Å². The first-order valence-corrected chi connectivity index (χ1v) is 9.08. The van der Waals surface area contributed by atoms with Gasteiger partial charge in [0.05, 0.1) is 11.4 Å². The lowest BCUT2D eigenvalue weighted by atomic mass is 10.0. The molecule has 1 fully saturated rings. The third-order valence-electron chi connectivity index (χ3n) is 5.03. The molecule has 1 aliphatic heterocycles. The maximum Gasteiger partial charge on any atom is 0.291 e. The molecule has 0 saturated carbocycles. The van der Waals surface area contributed by atoms with Crippen LogP contribution < -0.4 is 16.0 Å². The summed E-state index contributed by atoms with van der Waals surface area (Å²) in [5.74, 6) is 0.0315. The number of furan rings is 1. The minimum absolute atomic E-state index is 0.266. The van der Waals surface area contributed by atoms with Crippen molar-refractivity contribution >= 4 is 33.9 Å². The van der Waals surface area contributed by atoms with Crippen LogP contribution in [-0.4, -0.2) is 18.5 Å². The molecule has 1 atom stereocenters. The van der Waals surface area contributed by atoms with Crippen LogP contribution in [0.4, 0.5) is 17.1 Å². The molecule has 3 aromatic rings. The Bertz CT molecular complexity index is 914. The lowest BCUT2D eigenvalue weighted by Gasteiger charge is -2.36. The Morgan fingerprint density at radius 3 is 2.85 bits per heavy atom. The first kappa shape index (κ1) is 16.5. The number of rotatable bonds is 3. The quantitative estimate of drug-likeness (QED) is 0.675. The van der Waals surface area contributed by atoms with Gasteiger partial charge in [-0.1, -0.05) is 18.2 Å². The molecule has 134 valence electrons. The first-order chi connectivity index (χ1) is 12.6. The third-order valence-corrected chi connectivity index (χ3v) is 5.03. The molecule has 26 heavy (non-hydrogen) atoms. The number of amides is 1. The molecule has 2 aromatic carbocycles. The van der Waals surface area contributed by atoms with Crippen molar-refractivity contribution in [1.82, 2.24) is 0 Å². The van der Waals surface area contributed by atoms with Crippen molar-refractivity contribution in [2.75, 3.05) is 22.5 Å². The zero-order valence-electron chi connectivity index (χ0n) is 14.9. The highest BCUT2D eigenvalue weighted by Gasteiger charge is 2.22. The van der Waals surface area contributed by atoms with E-state index in [4.69, 9.17) is 10.2 Å². The second-order valence-electron chi connectivity index (χ2n) is 6.92. The van der Waals surface area contributed by atoms with Gasteiger partial charge in [0.2, 0.25) is 0 Å². The lowest BCUT2D eigenvalue weighted by Crippen LogP contribution is -2.38. The molecule has 5 heteroatoms. The van der Waals surface area contributed by atoms with Gasteiger partial charge in [-0.3, -0.25) is 4.79 Å². The Morgan fingerprint density at radius 1 is 1.19 bits per heavy atom. The standard InChI is InChI=1S/C21H23N3O2/c1-14-6-4-5-11-24(14)18-10-9-16(22)13-17(18)23-21(25)20-12-15-7-2-3-8-19(15)26-20/h2-3,7-10,12-14H,4-6,11,22H2,1H3,(H,23,25)/t14-/m0/s1. The van der Waals surface area contributed by atoms with Crippen LogP contribution in [0.5, 0.6) is 0 Å². The molecule has 0 aliphatic carbocycles. The smallest absolute Gasteiger partial charge is 0.291 e. The summed E-state index contributed by atoms with van der Waals surface area (Å²) in [5, 5.41) is 3.90. The van der Waals surface area contributed by atoms with Gasteiger partial charge in [0.25, 0.3) is 5.91 Å². The number of piperidine rings is 1. The van der Waals surface area contributed by atoms with Crippen molar-refractivity contribution in [3.8, 4) is 0 Å². The second-order valence-corrected chi connectivity index (χ2v) is 6.92. The summed E-state index contributed by atoms with van der Waals surface area (Å²) in [7, 11) is 0. The number of hydrogen-bond acceptors (Lipinski definition) is 4. The van der Waals surface area contributed by atoms with E-state index in [1.165, 1.54) is 6.42 Å². The van der Waals surface area contributed by atoms with Gasteiger partial charge in [0.15, 0.2) is 5.76 Å². The molecule has 1 aliphatic rings. The minimum atomic E-state index is -0.266. The van der Waals surface area contributed by atoms with Crippen LogP contribution >= 0.6 is 0 Å². The second kappa shape index (κ2) is 6.75. The molecule has 0 unspecified atom stereocenters. The predicted octanol–water partition coefficient (Wildman–Crippen LogP) is 4.65. The Morgan fingerprint density at radius 2 is 2.04 bits per heavy atom. The van der Waals surface area contributed by atoms with Crippen molar-refractivity contribution < 1.29 is 9.21 Å². The van der Waals surface area contributed by atoms with Crippen LogP contribution in [0.25, 0.3) is 11.0 Å². The zero-order chi connectivity index (χ0) is 18.1. The number of nitrogens with zero attached hydrogens (tertiary/aromatic N) is 1. The summed E-state index contributed by atoms with van der Waals surface area (Å²) in [5.41, 5.74) is 9.04. The topological polar surface area (TPSA) is 71.5 Å². The van der Waals surface area contributed by atoms with Crippen molar-refractivity contribution in [3.05, 3.63) is 54.3 Å². The number of carbonyl (C=O) groups is 1. The maximum absolute atomic E-state index is 12.7. The van der Waals surface area contributed by atoms with Gasteiger partial charge in [-0.25, -0.2) is 0 Å². The van der Waals surface area contributed by atoms with Gasteiger partial charge in [-0.2, -0.15) is 0 Å². The van der Waals surface area contributed by atoms with Crippen molar-refractivity contribution in [1.29, 1.82) is 0 Å². The van der Waals surface area contributed by atoms with E-state index in [1.54, 1.807) is 6.07 Å². The SMILES string of the molecule is C[C@H]1CCCCN1c1ccc(N)cc1NC(=O)c1cc2ccccc2o1. The number of benzene rings is 2. The van der Waals surface area contributed by atoms with E-state index in [0.29, 0.717) is 23.1 Å². The van der Waals surface area contributed by atoms with Crippen LogP contribution in [0.2, 0.25) is 0 Å². The summed E-state index contributed by atoms with van der Waals surface area (Å²) in [6.07, 6.45) is 3.56. The number of nitrogens with one attached hydrogen (secondary N) is 1. The molecule has 0 spiro atoms. The minimum Gasteiger partial charge on any atom is -0.451 e. The van der Waals surface area contributed by atoms with E-state index >= 15 is 0 Å². The predicted molar refractivity (Wildman–Crippen MR) is 106 cm³/mol. The van der Waals surface area contributed by atoms with Gasteiger partial charge >= 0.3 is 0 Å². The van der Waals surface area contributed by atoms with Crippen LogP contribution in [0.1, 0.15) is 36.7 Å². The fourth-order valence-corrected chi connectivity index (χ4v) is 3.64. The average molecular weight is 349 g/mol. The van der Waals surface area contributed by atoms with Crippen LogP contribution in [0.3, 0.4) is 0 Å². The van der Waals surface area contributed by atoms with Crippen LogP contribution in [0.15, 0.2) is 52.9 Å². The number of fused-ring (bicyclic) bond motifs is 1. The van der Waals surface area contributed by atoms with Gasteiger partial charge in [0, 0.05) is 23.7 Å². The number of carbonyl (C=O) groups excluding carboxylic acids is 1. The van der Waals surface area contributed by atoms with Crippen molar-refractivity contribution in [2.24, 2.45) is 0 Å². The molecule has 4 rings (SSSR count). The number of nitrogens with two attached hydrogens (primary N) is 1. The average Bonchev–Trinajstić information content (AvgIpc) is 3.07. The van der Waals surface area contributed by atoms with Gasteiger partial charge < -0.3 is 20.4 Å². The number of anilines is 3. The number of para-hydroxylation sites is 1. The fourth-order valence-electron chi connectivity index (χ4n) is 3.64. The molecule has 1 amide bonds. The van der Waals surface area contributed by atoms with Gasteiger partial charge in [0.1, 0.15) is 5.58 Å². The lowest BCUT2D eigenvalue weighted by molar-refractivity contribution is 0.0998. The first-order valence-electron chi connectivity index (χ1n) is 9.08. The zero-order valence-corrected chi connectivity index (χ0v) is 14.9. The highest BCUT2D eigenvalue weighted by atomic mass is 16.3. The van der Waals surface area contributed by atoms with Crippen LogP contribution in [-0.2, 0) is 0 Å². The van der Waals surface area contributed by atoms with Gasteiger partial charge in [-0.05, 0) is 56.5 Å². The van der Waals surface area contributed by atoms with E-state index < -0.39 is 0 Å². The van der Waals surface area contributed by atoms with Gasteiger partial charge in [-0.15, -0.1) is 0 Å². The Hall–Kier alpha value is -2.95. The molecule has 1 aromatic heterocycles. The summed E-state index contributed by atoms with van der Waals surface area (Å²) in [6, 6.07) is 15.5. The Balaban J connectivity index is 1.64. The third kappa shape index (κ3) is 3.12. The number of nitrogen functional groups attached to an aromatic ring is 1. The summed E-state index contributed by atoms with van der Waals surface area (Å²) in [4.78, 5) is 15.1. The summed E-state index contributed by atoms with van der Waals surface area (Å²) >= 11 is 0. The molecule has 0 bridgehead atoms. The summed E-state index contributed by atoms with van der Waals surface area (Å²) in [6.45, 7) is 3.21. The van der Waals surface area contributed by atoms with E-state index in [0.717, 1.165) is 36.1 Å². The fraction of sp³-hybridized carbons (Fsp3) is 0.286. The molecule has 0 radical (unpaired) electrons. The van der Waals surface area contributed by atoms with E-state index in [9.17, 15) is 4.79 Å². The Labute approximate surface area is 152 Å². The maximum atomic E-state index is 12.7. The molecular formula is C21H23N3O2. The van der Waals surface area contributed by atoms with Crippen LogP contribution in [0, 0.1) is 0 Å². The Kier molecular flexibility index (Phi) is 4.29. The summed E-state index contributed by atoms with van der Waals surface area (Å²) < 4.78 is 5.68. The van der Waals surface area contributed by atoms with Crippen molar-refractivity contribution in [3.63, 3.8) is 0 Å². The largest absolute Gasteiger partial charge is 0.451 e.